The molecular weight excluding hydrogens is 248 g/mol. The average molecular weight is 259 g/mol. The highest BCUT2D eigenvalue weighted by atomic mass is 79.9. The lowest BCUT2D eigenvalue weighted by atomic mass is 9.78. The fraction of sp³-hybridized carbons (Fsp3) is 0.750. The van der Waals surface area contributed by atoms with Crippen molar-refractivity contribution in [2.45, 2.75) is 0 Å². The third-order valence-corrected chi connectivity index (χ3v) is 3.20. The standard InChI is InChI=1S/C8H11BrN4O/c1-12-7(10-6(9)11-12)13-2-8(3-13)4-14-5-8/h2-5H2,1H3. The molecule has 0 saturated carbocycles. The van der Waals surface area contributed by atoms with E-state index in [1.54, 1.807) is 4.68 Å². The van der Waals surface area contributed by atoms with Crippen LogP contribution in [0.2, 0.25) is 0 Å². The second-order valence-corrected chi connectivity index (χ2v) is 4.86. The second kappa shape index (κ2) is 2.70. The third-order valence-electron chi connectivity index (χ3n) is 2.87. The maximum atomic E-state index is 5.22. The van der Waals surface area contributed by atoms with Gasteiger partial charge in [-0.15, -0.1) is 5.10 Å². The molecule has 1 aromatic heterocycles. The molecule has 76 valence electrons. The van der Waals surface area contributed by atoms with Gasteiger partial charge >= 0.3 is 0 Å². The summed E-state index contributed by atoms with van der Waals surface area (Å²) in [6.45, 7) is 3.91. The third kappa shape index (κ3) is 1.10. The highest BCUT2D eigenvalue weighted by Crippen LogP contribution is 2.39. The minimum Gasteiger partial charge on any atom is -0.380 e. The van der Waals surface area contributed by atoms with E-state index in [1.165, 1.54) is 0 Å². The molecule has 1 spiro atoms. The van der Waals surface area contributed by atoms with Crippen molar-refractivity contribution in [1.29, 1.82) is 0 Å². The summed E-state index contributed by atoms with van der Waals surface area (Å²) in [7, 11) is 1.91. The Labute approximate surface area is 90.2 Å². The number of aryl methyl sites for hydroxylation is 1. The fourth-order valence-corrected chi connectivity index (χ4v) is 2.50. The summed E-state index contributed by atoms with van der Waals surface area (Å²) in [6, 6.07) is 0. The molecular formula is C8H11BrN4O. The Hall–Kier alpha value is -0.620. The van der Waals surface area contributed by atoms with E-state index in [2.05, 4.69) is 30.9 Å². The maximum absolute atomic E-state index is 5.22. The highest BCUT2D eigenvalue weighted by Gasteiger charge is 2.50. The lowest BCUT2D eigenvalue weighted by molar-refractivity contribution is -0.127. The molecule has 3 heterocycles. The quantitative estimate of drug-likeness (QED) is 0.732. The lowest BCUT2D eigenvalue weighted by Gasteiger charge is -2.54. The zero-order chi connectivity index (χ0) is 9.76. The van der Waals surface area contributed by atoms with Crippen molar-refractivity contribution in [3.63, 3.8) is 0 Å². The SMILES string of the molecule is Cn1nc(Br)nc1N1CC2(COC2)C1. The van der Waals surface area contributed by atoms with Crippen molar-refractivity contribution in [1.82, 2.24) is 14.8 Å². The van der Waals surface area contributed by atoms with Crippen LogP contribution in [0.15, 0.2) is 4.73 Å². The molecule has 2 aliphatic rings. The van der Waals surface area contributed by atoms with Gasteiger partial charge in [-0.05, 0) is 15.9 Å². The molecule has 0 bridgehead atoms. The Morgan fingerprint density at radius 3 is 2.57 bits per heavy atom. The molecule has 0 aliphatic carbocycles. The molecule has 2 saturated heterocycles. The highest BCUT2D eigenvalue weighted by molar-refractivity contribution is 9.10. The zero-order valence-corrected chi connectivity index (χ0v) is 9.49. The fourth-order valence-electron chi connectivity index (χ4n) is 2.10. The summed E-state index contributed by atoms with van der Waals surface area (Å²) in [6.07, 6.45) is 0. The van der Waals surface area contributed by atoms with Crippen LogP contribution in [0, 0.1) is 5.41 Å². The van der Waals surface area contributed by atoms with Gasteiger partial charge in [-0.1, -0.05) is 0 Å². The number of nitrogens with zero attached hydrogens (tertiary/aromatic N) is 4. The van der Waals surface area contributed by atoms with E-state index < -0.39 is 0 Å². The predicted molar refractivity (Wildman–Crippen MR) is 54.2 cm³/mol. The average Bonchev–Trinajstić information content (AvgIpc) is 2.24. The van der Waals surface area contributed by atoms with Gasteiger partial charge in [0.15, 0.2) is 0 Å². The van der Waals surface area contributed by atoms with Gasteiger partial charge in [-0.2, -0.15) is 4.98 Å². The van der Waals surface area contributed by atoms with Crippen molar-refractivity contribution in [2.24, 2.45) is 12.5 Å². The molecule has 6 heteroatoms. The van der Waals surface area contributed by atoms with E-state index in [0.29, 0.717) is 10.1 Å². The summed E-state index contributed by atoms with van der Waals surface area (Å²) in [4.78, 5) is 6.55. The first-order chi connectivity index (χ1) is 6.69. The number of hydrogen-bond acceptors (Lipinski definition) is 4. The Morgan fingerprint density at radius 1 is 1.43 bits per heavy atom. The molecule has 5 nitrogen and oxygen atoms in total. The van der Waals surface area contributed by atoms with Crippen LogP contribution < -0.4 is 4.90 Å². The summed E-state index contributed by atoms with van der Waals surface area (Å²) in [5, 5.41) is 4.15. The number of anilines is 1. The van der Waals surface area contributed by atoms with Gasteiger partial charge in [0, 0.05) is 20.1 Å². The van der Waals surface area contributed by atoms with Crippen LogP contribution >= 0.6 is 15.9 Å². The zero-order valence-electron chi connectivity index (χ0n) is 7.90. The number of halogens is 1. The molecule has 14 heavy (non-hydrogen) atoms. The predicted octanol–water partition coefficient (Wildman–Crippen LogP) is 0.414. The molecule has 0 unspecified atom stereocenters. The number of aromatic nitrogens is 3. The molecule has 0 atom stereocenters. The van der Waals surface area contributed by atoms with Crippen molar-refractivity contribution in [3.8, 4) is 0 Å². The summed E-state index contributed by atoms with van der Waals surface area (Å²) in [5.74, 6) is 0.939. The van der Waals surface area contributed by atoms with Crippen LogP contribution in [-0.2, 0) is 11.8 Å². The second-order valence-electron chi connectivity index (χ2n) is 4.15. The van der Waals surface area contributed by atoms with Crippen LogP contribution in [0.4, 0.5) is 5.95 Å². The molecule has 2 fully saturated rings. The van der Waals surface area contributed by atoms with Gasteiger partial charge in [-0.3, -0.25) is 0 Å². The minimum atomic E-state index is 0.429. The van der Waals surface area contributed by atoms with E-state index in [0.717, 1.165) is 32.3 Å². The Balaban J connectivity index is 1.76. The van der Waals surface area contributed by atoms with Crippen molar-refractivity contribution < 1.29 is 4.74 Å². The van der Waals surface area contributed by atoms with Crippen LogP contribution in [0.1, 0.15) is 0 Å². The molecule has 2 aliphatic heterocycles. The molecule has 0 aromatic carbocycles. The van der Waals surface area contributed by atoms with E-state index in [1.807, 2.05) is 7.05 Å². The molecule has 0 N–H and O–H groups in total. The van der Waals surface area contributed by atoms with Crippen LogP contribution in [0.5, 0.6) is 0 Å². The maximum Gasteiger partial charge on any atom is 0.224 e. The molecule has 3 rings (SSSR count). The van der Waals surface area contributed by atoms with E-state index in [4.69, 9.17) is 4.74 Å². The Morgan fingerprint density at radius 2 is 2.14 bits per heavy atom. The van der Waals surface area contributed by atoms with Gasteiger partial charge in [0.2, 0.25) is 10.7 Å². The topological polar surface area (TPSA) is 43.2 Å². The summed E-state index contributed by atoms with van der Waals surface area (Å²) < 4.78 is 7.68. The number of ether oxygens (including phenoxy) is 1. The molecule has 0 radical (unpaired) electrons. The van der Waals surface area contributed by atoms with E-state index in [9.17, 15) is 0 Å². The van der Waals surface area contributed by atoms with Gasteiger partial charge < -0.3 is 9.64 Å². The van der Waals surface area contributed by atoms with E-state index in [-0.39, 0.29) is 0 Å². The normalized spacial score (nSPS) is 23.4. The van der Waals surface area contributed by atoms with Crippen LogP contribution in [-0.4, -0.2) is 41.1 Å². The van der Waals surface area contributed by atoms with Gasteiger partial charge in [-0.25, -0.2) is 4.68 Å². The van der Waals surface area contributed by atoms with Crippen molar-refractivity contribution in [3.05, 3.63) is 4.73 Å². The van der Waals surface area contributed by atoms with Crippen molar-refractivity contribution in [2.75, 3.05) is 31.2 Å². The summed E-state index contributed by atoms with van der Waals surface area (Å²) in [5.41, 5.74) is 0.429. The number of rotatable bonds is 1. The lowest BCUT2D eigenvalue weighted by Crippen LogP contribution is -2.66. The van der Waals surface area contributed by atoms with Gasteiger partial charge in [0.1, 0.15) is 0 Å². The van der Waals surface area contributed by atoms with Crippen LogP contribution in [0.25, 0.3) is 0 Å². The first-order valence-corrected chi connectivity index (χ1v) is 5.37. The summed E-state index contributed by atoms with van der Waals surface area (Å²) >= 11 is 3.27. The first kappa shape index (κ1) is 8.67. The Bertz CT molecular complexity index is 365. The smallest absolute Gasteiger partial charge is 0.224 e. The van der Waals surface area contributed by atoms with Crippen molar-refractivity contribution >= 4 is 21.9 Å². The van der Waals surface area contributed by atoms with Gasteiger partial charge in [0.25, 0.3) is 0 Å². The Kier molecular flexibility index (Phi) is 1.67. The number of hydrogen-bond donors (Lipinski definition) is 0. The molecule has 0 amide bonds. The van der Waals surface area contributed by atoms with Gasteiger partial charge in [0.05, 0.1) is 18.6 Å². The first-order valence-electron chi connectivity index (χ1n) is 4.58. The largest absolute Gasteiger partial charge is 0.380 e. The minimum absolute atomic E-state index is 0.429. The van der Waals surface area contributed by atoms with E-state index >= 15 is 0 Å². The molecule has 1 aromatic rings. The van der Waals surface area contributed by atoms with Crippen LogP contribution in [0.3, 0.4) is 0 Å². The monoisotopic (exact) mass is 258 g/mol.